The van der Waals surface area contributed by atoms with Gasteiger partial charge in [-0.2, -0.15) is 18.4 Å². The summed E-state index contributed by atoms with van der Waals surface area (Å²) >= 11 is 0. The highest BCUT2D eigenvalue weighted by Gasteiger charge is 2.48. The summed E-state index contributed by atoms with van der Waals surface area (Å²) in [6.45, 7) is 0. The molecule has 2 aromatic carbocycles. The molecule has 1 fully saturated rings. The first-order chi connectivity index (χ1) is 17.1. The highest BCUT2D eigenvalue weighted by molar-refractivity contribution is 7.91. The molecule has 0 saturated heterocycles. The molecule has 200 valence electrons. The Morgan fingerprint density at radius 2 is 1.68 bits per heavy atom. The number of sulfone groups is 2. The van der Waals surface area contributed by atoms with Crippen molar-refractivity contribution in [3.8, 4) is 6.07 Å². The van der Waals surface area contributed by atoms with Gasteiger partial charge in [0.15, 0.2) is 19.7 Å². The van der Waals surface area contributed by atoms with E-state index in [4.69, 9.17) is 0 Å². The molecule has 2 atom stereocenters. The molecule has 0 heterocycles. The Balaban J connectivity index is 1.95. The van der Waals surface area contributed by atoms with Crippen LogP contribution in [0.25, 0.3) is 0 Å². The molecule has 37 heavy (non-hydrogen) atoms. The number of nitriles is 1. The maximum atomic E-state index is 14.0. The summed E-state index contributed by atoms with van der Waals surface area (Å²) in [6, 6.07) is 5.85. The summed E-state index contributed by atoms with van der Waals surface area (Å²) < 4.78 is 105. The van der Waals surface area contributed by atoms with E-state index >= 15 is 0 Å². The fourth-order valence-electron chi connectivity index (χ4n) is 3.68. The molecule has 1 aliphatic carbocycles. The van der Waals surface area contributed by atoms with Gasteiger partial charge in [0.1, 0.15) is 23.4 Å². The average Bonchev–Trinajstić information content (AvgIpc) is 3.55. The van der Waals surface area contributed by atoms with E-state index in [9.17, 15) is 44.5 Å². The van der Waals surface area contributed by atoms with E-state index in [2.05, 4.69) is 5.32 Å². The van der Waals surface area contributed by atoms with Gasteiger partial charge >= 0.3 is 6.18 Å². The zero-order valence-electron chi connectivity index (χ0n) is 19.4. The summed E-state index contributed by atoms with van der Waals surface area (Å²) in [5.74, 6) is -3.93. The SMILES string of the molecule is CS(=O)(=O)c1ccccc1CS(=O)(=O)CC(N[C@H](c1ccc(F)cc1)C(F)(F)F)C(=O)NC1(C#N)CC1. The van der Waals surface area contributed by atoms with Crippen LogP contribution in [0.5, 0.6) is 0 Å². The third-order valence-electron chi connectivity index (χ3n) is 5.71. The molecule has 2 aromatic rings. The van der Waals surface area contributed by atoms with E-state index in [0.29, 0.717) is 0 Å². The lowest BCUT2D eigenvalue weighted by molar-refractivity contribution is -0.160. The van der Waals surface area contributed by atoms with Crippen molar-refractivity contribution in [2.75, 3.05) is 12.0 Å². The van der Waals surface area contributed by atoms with Gasteiger partial charge in [0, 0.05) is 6.26 Å². The Labute approximate surface area is 211 Å². The number of hydrogen-bond acceptors (Lipinski definition) is 7. The first kappa shape index (κ1) is 28.5. The maximum Gasteiger partial charge on any atom is 0.407 e. The molecule has 0 bridgehead atoms. The van der Waals surface area contributed by atoms with Crippen LogP contribution < -0.4 is 10.6 Å². The van der Waals surface area contributed by atoms with Crippen molar-refractivity contribution < 1.29 is 39.2 Å². The Morgan fingerprint density at radius 1 is 1.08 bits per heavy atom. The van der Waals surface area contributed by atoms with Crippen LogP contribution in [0.2, 0.25) is 0 Å². The van der Waals surface area contributed by atoms with Crippen LogP contribution >= 0.6 is 0 Å². The molecule has 2 N–H and O–H groups in total. The number of alkyl halides is 3. The molecule has 0 aliphatic heterocycles. The molecule has 0 aromatic heterocycles. The largest absolute Gasteiger partial charge is 0.407 e. The number of nitrogens with one attached hydrogen (secondary N) is 2. The summed E-state index contributed by atoms with van der Waals surface area (Å²) in [6.07, 6.45) is -3.63. The Kier molecular flexibility index (Phi) is 8.02. The van der Waals surface area contributed by atoms with Crippen LogP contribution in [0.4, 0.5) is 17.6 Å². The first-order valence-corrected chi connectivity index (χ1v) is 14.6. The van der Waals surface area contributed by atoms with Crippen LogP contribution in [0.15, 0.2) is 53.4 Å². The van der Waals surface area contributed by atoms with Crippen molar-refractivity contribution in [2.24, 2.45) is 0 Å². The molecule has 0 spiro atoms. The summed E-state index contributed by atoms with van der Waals surface area (Å²) in [7, 11) is -8.20. The van der Waals surface area contributed by atoms with Crippen LogP contribution in [-0.4, -0.2) is 52.5 Å². The zero-order chi connectivity index (χ0) is 27.6. The molecule has 0 radical (unpaired) electrons. The van der Waals surface area contributed by atoms with Crippen molar-refractivity contribution in [2.45, 2.75) is 47.3 Å². The normalized spacial score (nSPS) is 16.9. The Morgan fingerprint density at radius 3 is 2.19 bits per heavy atom. The van der Waals surface area contributed by atoms with Gasteiger partial charge in [-0.25, -0.2) is 21.2 Å². The number of carbonyl (C=O) groups excluding carboxylic acids is 1. The van der Waals surface area contributed by atoms with E-state index in [1.165, 1.54) is 24.3 Å². The minimum atomic E-state index is -5.00. The summed E-state index contributed by atoms with van der Waals surface area (Å²) in [4.78, 5) is 12.7. The van der Waals surface area contributed by atoms with Crippen LogP contribution in [-0.2, 0) is 30.2 Å². The van der Waals surface area contributed by atoms with Crippen molar-refractivity contribution in [3.05, 3.63) is 65.5 Å². The molecule has 14 heteroatoms. The fourth-order valence-corrected chi connectivity index (χ4v) is 6.32. The minimum Gasteiger partial charge on any atom is -0.336 e. The number of rotatable bonds is 10. The summed E-state index contributed by atoms with van der Waals surface area (Å²) in [5, 5.41) is 13.6. The minimum absolute atomic E-state index is 0.106. The van der Waals surface area contributed by atoms with E-state index in [0.717, 1.165) is 30.5 Å². The highest BCUT2D eigenvalue weighted by atomic mass is 32.2. The standard InChI is InChI=1S/C23H23F4N3O5S2/c1-36(32,33)19-5-3-2-4-16(19)12-37(34,35)13-18(21(31)30-22(14-28)10-11-22)29-20(23(25,26)27)15-6-8-17(24)9-7-15/h2-9,18,20,29H,10-13H2,1H3,(H,30,31)/t18?,20-/m1/s1. The zero-order valence-corrected chi connectivity index (χ0v) is 21.1. The second kappa shape index (κ2) is 10.4. The Hall–Kier alpha value is -3.02. The van der Waals surface area contributed by atoms with Gasteiger partial charge in [0.2, 0.25) is 5.91 Å². The third kappa shape index (κ3) is 7.50. The third-order valence-corrected chi connectivity index (χ3v) is 8.50. The van der Waals surface area contributed by atoms with Gasteiger partial charge in [-0.05, 0) is 42.2 Å². The van der Waals surface area contributed by atoms with Gasteiger partial charge in [-0.3, -0.25) is 10.1 Å². The highest BCUT2D eigenvalue weighted by Crippen LogP contribution is 2.36. The lowest BCUT2D eigenvalue weighted by atomic mass is 10.0. The second-order valence-corrected chi connectivity index (χ2v) is 13.0. The Bertz CT molecular complexity index is 1420. The number of amides is 1. The van der Waals surface area contributed by atoms with E-state index < -0.39 is 72.3 Å². The van der Waals surface area contributed by atoms with E-state index in [1.54, 1.807) is 0 Å². The van der Waals surface area contributed by atoms with Crippen LogP contribution in [0, 0.1) is 17.1 Å². The van der Waals surface area contributed by atoms with Crippen LogP contribution in [0.3, 0.4) is 0 Å². The lowest BCUT2D eigenvalue weighted by Gasteiger charge is -2.28. The molecule has 1 aliphatic rings. The molecule has 1 amide bonds. The predicted octanol–water partition coefficient (Wildman–Crippen LogP) is 2.58. The van der Waals surface area contributed by atoms with Crippen molar-refractivity contribution in [3.63, 3.8) is 0 Å². The van der Waals surface area contributed by atoms with E-state index in [1.807, 2.05) is 11.4 Å². The topological polar surface area (TPSA) is 133 Å². The average molecular weight is 562 g/mol. The number of nitrogens with zero attached hydrogens (tertiary/aromatic N) is 1. The van der Waals surface area contributed by atoms with Crippen molar-refractivity contribution in [1.29, 1.82) is 5.26 Å². The molecule has 8 nitrogen and oxygen atoms in total. The van der Waals surface area contributed by atoms with Crippen molar-refractivity contribution >= 4 is 25.6 Å². The number of carbonyl (C=O) groups is 1. The molecular formula is C23H23F4N3O5S2. The monoisotopic (exact) mass is 561 g/mol. The number of benzene rings is 2. The lowest BCUT2D eigenvalue weighted by Crippen LogP contribution is -2.54. The smallest absolute Gasteiger partial charge is 0.336 e. The van der Waals surface area contributed by atoms with Gasteiger partial charge in [-0.15, -0.1) is 0 Å². The summed E-state index contributed by atoms with van der Waals surface area (Å²) in [5.41, 5.74) is -1.87. The van der Waals surface area contributed by atoms with Crippen LogP contribution in [0.1, 0.15) is 30.0 Å². The number of halogens is 4. The van der Waals surface area contributed by atoms with E-state index in [-0.39, 0.29) is 23.3 Å². The number of hydrogen-bond donors (Lipinski definition) is 2. The van der Waals surface area contributed by atoms with Gasteiger partial charge < -0.3 is 5.32 Å². The molecule has 1 saturated carbocycles. The quantitative estimate of drug-likeness (QED) is 0.426. The fraction of sp³-hybridized carbons (Fsp3) is 0.391. The van der Waals surface area contributed by atoms with Gasteiger partial charge in [-0.1, -0.05) is 30.3 Å². The molecule has 1 unspecified atom stereocenters. The second-order valence-electron chi connectivity index (χ2n) is 8.86. The first-order valence-electron chi connectivity index (χ1n) is 10.9. The molecular weight excluding hydrogens is 538 g/mol. The predicted molar refractivity (Wildman–Crippen MR) is 125 cm³/mol. The molecule has 3 rings (SSSR count). The van der Waals surface area contributed by atoms with Gasteiger partial charge in [0.25, 0.3) is 0 Å². The van der Waals surface area contributed by atoms with Crippen molar-refractivity contribution in [1.82, 2.24) is 10.6 Å². The van der Waals surface area contributed by atoms with Gasteiger partial charge in [0.05, 0.1) is 22.5 Å². The maximum absolute atomic E-state index is 14.0.